The molecule has 0 radical (unpaired) electrons. The summed E-state index contributed by atoms with van der Waals surface area (Å²) in [7, 11) is 2.15. The lowest BCUT2D eigenvalue weighted by molar-refractivity contribution is 0.224. The third-order valence-corrected chi connectivity index (χ3v) is 4.42. The van der Waals surface area contributed by atoms with E-state index < -0.39 is 0 Å². The maximum atomic E-state index is 5.81. The van der Waals surface area contributed by atoms with E-state index in [1.165, 1.54) is 15.7 Å². The summed E-state index contributed by atoms with van der Waals surface area (Å²) in [6.07, 6.45) is 0. The molecule has 1 aromatic carbocycles. The van der Waals surface area contributed by atoms with Gasteiger partial charge in [-0.15, -0.1) is 0 Å². The second-order valence-corrected chi connectivity index (χ2v) is 5.60. The van der Waals surface area contributed by atoms with Gasteiger partial charge in [0.1, 0.15) is 0 Å². The van der Waals surface area contributed by atoms with Crippen molar-refractivity contribution in [3.63, 3.8) is 0 Å². The van der Waals surface area contributed by atoms with Crippen LogP contribution in [0.4, 0.5) is 5.69 Å². The zero-order valence-corrected chi connectivity index (χ0v) is 12.1. The van der Waals surface area contributed by atoms with Crippen LogP contribution in [0.25, 0.3) is 0 Å². The highest BCUT2D eigenvalue weighted by Crippen LogP contribution is 2.25. The molecule has 0 amide bonds. The van der Waals surface area contributed by atoms with Gasteiger partial charge in [-0.2, -0.15) is 0 Å². The molecule has 2 rings (SSSR count). The van der Waals surface area contributed by atoms with Crippen LogP contribution in [0.3, 0.4) is 0 Å². The number of piperazine rings is 1. The molecule has 1 unspecified atom stereocenters. The van der Waals surface area contributed by atoms with E-state index in [0.717, 1.165) is 26.2 Å². The zero-order valence-electron chi connectivity index (χ0n) is 10.5. The molecule has 0 aliphatic carbocycles. The summed E-state index contributed by atoms with van der Waals surface area (Å²) in [6.45, 7) is 6.00. The van der Waals surface area contributed by atoms with Crippen LogP contribution in [0.15, 0.2) is 22.7 Å². The molecule has 0 bridgehead atoms. The third-order valence-electron chi connectivity index (χ3n) is 3.57. The van der Waals surface area contributed by atoms with E-state index >= 15 is 0 Å². The predicted molar refractivity (Wildman–Crippen MR) is 76.6 cm³/mol. The van der Waals surface area contributed by atoms with E-state index in [0.29, 0.717) is 6.04 Å². The fourth-order valence-corrected chi connectivity index (χ4v) is 2.58. The molecule has 1 aliphatic heterocycles. The average molecular weight is 298 g/mol. The van der Waals surface area contributed by atoms with Gasteiger partial charge >= 0.3 is 0 Å². The molecule has 94 valence electrons. The zero-order chi connectivity index (χ0) is 12.4. The van der Waals surface area contributed by atoms with Gasteiger partial charge in [0.2, 0.25) is 0 Å². The van der Waals surface area contributed by atoms with Crippen molar-refractivity contribution >= 4 is 21.6 Å². The van der Waals surface area contributed by atoms with Crippen molar-refractivity contribution < 1.29 is 0 Å². The largest absolute Gasteiger partial charge is 0.369 e. The first-order chi connectivity index (χ1) is 8.11. The summed E-state index contributed by atoms with van der Waals surface area (Å²) in [5.41, 5.74) is 8.37. The molecule has 1 fully saturated rings. The van der Waals surface area contributed by atoms with Crippen molar-refractivity contribution in [2.24, 2.45) is 5.73 Å². The summed E-state index contributed by atoms with van der Waals surface area (Å²) in [5.74, 6) is 0. The van der Waals surface area contributed by atoms with E-state index in [9.17, 15) is 0 Å². The Balaban J connectivity index is 2.14. The molecule has 17 heavy (non-hydrogen) atoms. The Morgan fingerprint density at radius 2 is 2.18 bits per heavy atom. The van der Waals surface area contributed by atoms with Crippen LogP contribution >= 0.6 is 15.9 Å². The lowest BCUT2D eigenvalue weighted by Gasteiger charge is -2.40. The summed E-state index contributed by atoms with van der Waals surface area (Å²) in [4.78, 5) is 4.77. The van der Waals surface area contributed by atoms with Crippen LogP contribution in [-0.2, 0) is 0 Å². The molecule has 2 N–H and O–H groups in total. The van der Waals surface area contributed by atoms with Gasteiger partial charge in [-0.05, 0) is 31.7 Å². The number of rotatable bonds is 2. The fourth-order valence-electron chi connectivity index (χ4n) is 2.21. The van der Waals surface area contributed by atoms with Crippen LogP contribution in [0, 0.1) is 6.92 Å². The predicted octanol–water partition coefficient (Wildman–Crippen LogP) is 1.84. The van der Waals surface area contributed by atoms with Gasteiger partial charge in [-0.3, -0.25) is 4.90 Å². The van der Waals surface area contributed by atoms with Crippen molar-refractivity contribution in [3.05, 3.63) is 28.2 Å². The Bertz CT molecular complexity index is 394. The van der Waals surface area contributed by atoms with Crippen LogP contribution in [-0.4, -0.2) is 44.2 Å². The molecule has 1 aliphatic rings. The Labute approximate surface area is 112 Å². The maximum Gasteiger partial charge on any atom is 0.0391 e. The molecule has 4 heteroatoms. The topological polar surface area (TPSA) is 32.5 Å². The van der Waals surface area contributed by atoms with Gasteiger partial charge in [0.15, 0.2) is 0 Å². The third kappa shape index (κ3) is 2.81. The number of nitrogens with two attached hydrogens (primary N) is 1. The van der Waals surface area contributed by atoms with Crippen molar-refractivity contribution in [2.75, 3.05) is 38.1 Å². The highest BCUT2D eigenvalue weighted by Gasteiger charge is 2.23. The maximum absolute atomic E-state index is 5.81. The highest BCUT2D eigenvalue weighted by molar-refractivity contribution is 9.10. The molecule has 1 atom stereocenters. The Kier molecular flexibility index (Phi) is 4.07. The van der Waals surface area contributed by atoms with Crippen molar-refractivity contribution in [1.29, 1.82) is 0 Å². The molecular weight excluding hydrogens is 278 g/mol. The van der Waals surface area contributed by atoms with Crippen molar-refractivity contribution in [2.45, 2.75) is 13.0 Å². The minimum absolute atomic E-state index is 0.462. The number of hydrogen-bond acceptors (Lipinski definition) is 3. The second-order valence-electron chi connectivity index (χ2n) is 4.75. The van der Waals surface area contributed by atoms with E-state index in [4.69, 9.17) is 5.73 Å². The standard InChI is InChI=1S/C13H20BrN3/c1-10-3-4-11(7-13(10)14)17-6-5-16(2)12(8-15)9-17/h3-4,7,12H,5-6,8-9,15H2,1-2H3. The van der Waals surface area contributed by atoms with Gasteiger partial charge in [0, 0.05) is 42.4 Å². The quantitative estimate of drug-likeness (QED) is 0.904. The van der Waals surface area contributed by atoms with Gasteiger partial charge in [-0.1, -0.05) is 22.0 Å². The van der Waals surface area contributed by atoms with Gasteiger partial charge in [-0.25, -0.2) is 0 Å². The van der Waals surface area contributed by atoms with Crippen LogP contribution in [0.2, 0.25) is 0 Å². The van der Waals surface area contributed by atoms with Crippen LogP contribution in [0.1, 0.15) is 5.56 Å². The van der Waals surface area contributed by atoms with E-state index in [1.54, 1.807) is 0 Å². The summed E-state index contributed by atoms with van der Waals surface area (Å²) < 4.78 is 1.18. The molecular formula is C13H20BrN3. The number of aryl methyl sites for hydroxylation is 1. The first kappa shape index (κ1) is 12.9. The number of benzene rings is 1. The number of likely N-dealkylation sites (N-methyl/N-ethyl adjacent to an activating group) is 1. The SMILES string of the molecule is Cc1ccc(N2CCN(C)C(CN)C2)cc1Br. The Morgan fingerprint density at radius 3 is 2.82 bits per heavy atom. The summed E-state index contributed by atoms with van der Waals surface area (Å²) in [5, 5.41) is 0. The normalized spacial score (nSPS) is 21.9. The highest BCUT2D eigenvalue weighted by atomic mass is 79.9. The minimum Gasteiger partial charge on any atom is -0.369 e. The van der Waals surface area contributed by atoms with E-state index in [-0.39, 0.29) is 0 Å². The molecule has 0 saturated carbocycles. The number of nitrogens with zero attached hydrogens (tertiary/aromatic N) is 2. The first-order valence-corrected chi connectivity index (χ1v) is 6.82. The minimum atomic E-state index is 0.462. The first-order valence-electron chi connectivity index (χ1n) is 6.03. The number of halogens is 1. The van der Waals surface area contributed by atoms with Gasteiger partial charge in [0.25, 0.3) is 0 Å². The Morgan fingerprint density at radius 1 is 1.41 bits per heavy atom. The summed E-state index contributed by atoms with van der Waals surface area (Å²) in [6, 6.07) is 7.02. The summed E-state index contributed by atoms with van der Waals surface area (Å²) >= 11 is 3.59. The molecule has 1 heterocycles. The van der Waals surface area contributed by atoms with Crippen LogP contribution < -0.4 is 10.6 Å². The Hall–Kier alpha value is -0.580. The molecule has 1 aromatic rings. The fraction of sp³-hybridized carbons (Fsp3) is 0.538. The monoisotopic (exact) mass is 297 g/mol. The van der Waals surface area contributed by atoms with Crippen molar-refractivity contribution in [1.82, 2.24) is 4.90 Å². The average Bonchev–Trinajstić information content (AvgIpc) is 2.33. The lowest BCUT2D eigenvalue weighted by Crippen LogP contribution is -2.54. The van der Waals surface area contributed by atoms with Crippen LogP contribution in [0.5, 0.6) is 0 Å². The van der Waals surface area contributed by atoms with Gasteiger partial charge in [0.05, 0.1) is 0 Å². The number of anilines is 1. The molecule has 3 nitrogen and oxygen atoms in total. The smallest absolute Gasteiger partial charge is 0.0391 e. The van der Waals surface area contributed by atoms with Gasteiger partial charge < -0.3 is 10.6 Å². The molecule has 0 spiro atoms. The second kappa shape index (κ2) is 5.38. The van der Waals surface area contributed by atoms with Crippen molar-refractivity contribution in [3.8, 4) is 0 Å². The van der Waals surface area contributed by atoms with E-state index in [1.807, 2.05) is 0 Å². The number of hydrogen-bond donors (Lipinski definition) is 1. The molecule has 1 saturated heterocycles. The lowest BCUT2D eigenvalue weighted by atomic mass is 10.1. The van der Waals surface area contributed by atoms with E-state index in [2.05, 4.69) is 57.9 Å². The molecule has 0 aromatic heterocycles.